The van der Waals surface area contributed by atoms with E-state index < -0.39 is 10.0 Å². The third kappa shape index (κ3) is 3.24. The van der Waals surface area contributed by atoms with Crippen molar-refractivity contribution in [2.75, 3.05) is 19.6 Å². The lowest BCUT2D eigenvalue weighted by Crippen LogP contribution is -2.46. The van der Waals surface area contributed by atoms with Gasteiger partial charge in [0.15, 0.2) is 0 Å². The molecule has 4 nitrogen and oxygen atoms in total. The number of benzene rings is 1. The Balaban J connectivity index is 2.35. The van der Waals surface area contributed by atoms with E-state index in [-0.39, 0.29) is 6.04 Å². The van der Waals surface area contributed by atoms with Crippen molar-refractivity contribution in [1.29, 1.82) is 0 Å². The Hall–Kier alpha value is -0.430. The molecule has 20 heavy (non-hydrogen) atoms. The van der Waals surface area contributed by atoms with Crippen LogP contribution in [0.25, 0.3) is 0 Å². The number of nitrogens with zero attached hydrogens (tertiary/aromatic N) is 1. The summed E-state index contributed by atoms with van der Waals surface area (Å²) < 4.78 is 28.0. The van der Waals surface area contributed by atoms with Gasteiger partial charge in [0.05, 0.1) is 4.90 Å². The molecule has 0 saturated carbocycles. The van der Waals surface area contributed by atoms with Crippen molar-refractivity contribution in [2.45, 2.75) is 37.6 Å². The zero-order valence-corrected chi connectivity index (χ0v) is 14.3. The summed E-state index contributed by atoms with van der Waals surface area (Å²) in [6, 6.07) is 5.48. The Labute approximate surface area is 129 Å². The zero-order valence-electron chi connectivity index (χ0n) is 11.9. The van der Waals surface area contributed by atoms with Crippen molar-refractivity contribution >= 4 is 26.0 Å². The molecule has 0 bridgehead atoms. The fourth-order valence-electron chi connectivity index (χ4n) is 2.66. The number of halogens is 1. The minimum Gasteiger partial charge on any atom is -0.317 e. The Morgan fingerprint density at radius 3 is 2.55 bits per heavy atom. The lowest BCUT2D eigenvalue weighted by Gasteiger charge is -2.33. The largest absolute Gasteiger partial charge is 0.317 e. The van der Waals surface area contributed by atoms with E-state index in [4.69, 9.17) is 0 Å². The smallest absolute Gasteiger partial charge is 0.244 e. The highest BCUT2D eigenvalue weighted by Crippen LogP contribution is 2.28. The standard InChI is InChI=1S/C14H21BrN2O2S/c1-3-17(12-6-8-16-9-7-12)20(18,19)14-5-4-11(2)10-13(14)15/h4-5,10,12,16H,3,6-9H2,1-2H3. The molecule has 1 aliphatic rings. The highest BCUT2D eigenvalue weighted by Gasteiger charge is 2.32. The molecule has 112 valence electrons. The molecule has 1 aliphatic heterocycles. The number of rotatable bonds is 4. The summed E-state index contributed by atoms with van der Waals surface area (Å²) in [4.78, 5) is 0.364. The van der Waals surface area contributed by atoms with E-state index in [9.17, 15) is 8.42 Å². The second-order valence-corrected chi connectivity index (χ2v) is 7.84. The minimum absolute atomic E-state index is 0.0967. The van der Waals surface area contributed by atoms with Gasteiger partial charge < -0.3 is 5.32 Å². The molecule has 2 rings (SSSR count). The Kier molecular flexibility index (Phi) is 5.23. The Morgan fingerprint density at radius 1 is 1.35 bits per heavy atom. The van der Waals surface area contributed by atoms with Crippen LogP contribution in [0, 0.1) is 6.92 Å². The number of hydrogen-bond acceptors (Lipinski definition) is 3. The summed E-state index contributed by atoms with van der Waals surface area (Å²) in [5.41, 5.74) is 1.04. The number of aryl methyl sites for hydroxylation is 1. The third-order valence-electron chi connectivity index (χ3n) is 3.70. The molecule has 0 amide bonds. The van der Waals surface area contributed by atoms with Gasteiger partial charge in [0.25, 0.3) is 0 Å². The van der Waals surface area contributed by atoms with Crippen LogP contribution in [0.2, 0.25) is 0 Å². The normalized spacial score (nSPS) is 17.6. The van der Waals surface area contributed by atoms with E-state index in [1.54, 1.807) is 10.4 Å². The summed E-state index contributed by atoms with van der Waals surface area (Å²) in [6.45, 7) is 6.12. The molecule has 1 fully saturated rings. The van der Waals surface area contributed by atoms with Crippen molar-refractivity contribution in [1.82, 2.24) is 9.62 Å². The van der Waals surface area contributed by atoms with Gasteiger partial charge in [-0.2, -0.15) is 4.31 Å². The van der Waals surface area contributed by atoms with Gasteiger partial charge in [-0.05, 0) is 66.5 Å². The van der Waals surface area contributed by atoms with Crippen molar-refractivity contribution in [3.8, 4) is 0 Å². The second kappa shape index (κ2) is 6.56. The SMILES string of the molecule is CCN(C1CCNCC1)S(=O)(=O)c1ccc(C)cc1Br. The molecule has 1 N–H and O–H groups in total. The van der Waals surface area contributed by atoms with E-state index in [1.165, 1.54) is 0 Å². The highest BCUT2D eigenvalue weighted by atomic mass is 79.9. The van der Waals surface area contributed by atoms with Gasteiger partial charge in [-0.1, -0.05) is 13.0 Å². The van der Waals surface area contributed by atoms with Crippen LogP contribution in [-0.4, -0.2) is 38.4 Å². The molecule has 6 heteroatoms. The van der Waals surface area contributed by atoms with Crippen LogP contribution in [0.15, 0.2) is 27.6 Å². The lowest BCUT2D eigenvalue weighted by molar-refractivity contribution is 0.270. The van der Waals surface area contributed by atoms with Crippen LogP contribution in [0.3, 0.4) is 0 Å². The quantitative estimate of drug-likeness (QED) is 0.897. The first kappa shape index (κ1) is 15.9. The maximum Gasteiger partial charge on any atom is 0.244 e. The van der Waals surface area contributed by atoms with Crippen molar-refractivity contribution in [3.05, 3.63) is 28.2 Å². The third-order valence-corrected chi connectivity index (χ3v) is 6.71. The van der Waals surface area contributed by atoms with Gasteiger partial charge in [-0.3, -0.25) is 0 Å². The van der Waals surface area contributed by atoms with Gasteiger partial charge in [0.1, 0.15) is 0 Å². The van der Waals surface area contributed by atoms with Crippen LogP contribution in [-0.2, 0) is 10.0 Å². The fourth-order valence-corrected chi connectivity index (χ4v) is 5.51. The van der Waals surface area contributed by atoms with E-state index in [0.717, 1.165) is 31.5 Å². The summed E-state index contributed by atoms with van der Waals surface area (Å²) in [7, 11) is -3.44. The zero-order chi connectivity index (χ0) is 14.8. The first-order valence-electron chi connectivity index (χ1n) is 6.95. The minimum atomic E-state index is -3.44. The van der Waals surface area contributed by atoms with Crippen molar-refractivity contribution < 1.29 is 8.42 Å². The maximum absolute atomic E-state index is 12.9. The van der Waals surface area contributed by atoms with Crippen LogP contribution < -0.4 is 5.32 Å². The molecule has 1 heterocycles. The first-order chi connectivity index (χ1) is 9.46. The predicted molar refractivity (Wildman–Crippen MR) is 84.3 cm³/mol. The predicted octanol–water partition coefficient (Wildman–Crippen LogP) is 2.52. The molecule has 0 unspecified atom stereocenters. The molecule has 0 spiro atoms. The van der Waals surface area contributed by atoms with E-state index in [2.05, 4.69) is 21.2 Å². The van der Waals surface area contributed by atoms with Gasteiger partial charge in [0.2, 0.25) is 10.0 Å². The summed E-state index contributed by atoms with van der Waals surface area (Å²) in [5, 5.41) is 3.27. The van der Waals surface area contributed by atoms with E-state index >= 15 is 0 Å². The number of hydrogen-bond donors (Lipinski definition) is 1. The molecule has 0 aliphatic carbocycles. The molecule has 0 aromatic heterocycles. The molecule has 1 aromatic carbocycles. The van der Waals surface area contributed by atoms with Gasteiger partial charge >= 0.3 is 0 Å². The molecule has 0 atom stereocenters. The molecular weight excluding hydrogens is 340 g/mol. The molecule has 1 saturated heterocycles. The van der Waals surface area contributed by atoms with Gasteiger partial charge in [-0.15, -0.1) is 0 Å². The second-order valence-electron chi connectivity index (χ2n) is 5.12. The van der Waals surface area contributed by atoms with Gasteiger partial charge in [-0.25, -0.2) is 8.42 Å². The fraction of sp³-hybridized carbons (Fsp3) is 0.571. The average Bonchev–Trinajstić information content (AvgIpc) is 2.40. The first-order valence-corrected chi connectivity index (χ1v) is 9.19. The number of piperidine rings is 1. The van der Waals surface area contributed by atoms with Crippen LogP contribution in [0.5, 0.6) is 0 Å². The molecular formula is C14H21BrN2O2S. The molecule has 1 aromatic rings. The summed E-state index contributed by atoms with van der Waals surface area (Å²) in [5.74, 6) is 0. The lowest BCUT2D eigenvalue weighted by atomic mass is 10.1. The van der Waals surface area contributed by atoms with Crippen molar-refractivity contribution in [2.24, 2.45) is 0 Å². The van der Waals surface area contributed by atoms with Crippen LogP contribution in [0.4, 0.5) is 0 Å². The van der Waals surface area contributed by atoms with Crippen molar-refractivity contribution in [3.63, 3.8) is 0 Å². The topological polar surface area (TPSA) is 49.4 Å². The Bertz CT molecular complexity index is 569. The van der Waals surface area contributed by atoms with Crippen LogP contribution >= 0.6 is 15.9 Å². The van der Waals surface area contributed by atoms with Gasteiger partial charge in [0, 0.05) is 17.1 Å². The number of nitrogens with one attached hydrogen (secondary N) is 1. The van der Waals surface area contributed by atoms with Crippen LogP contribution in [0.1, 0.15) is 25.3 Å². The summed E-state index contributed by atoms with van der Waals surface area (Å²) in [6.07, 6.45) is 1.74. The van der Waals surface area contributed by atoms with E-state index in [0.29, 0.717) is 15.9 Å². The average molecular weight is 361 g/mol. The highest BCUT2D eigenvalue weighted by molar-refractivity contribution is 9.10. The Morgan fingerprint density at radius 2 is 2.00 bits per heavy atom. The maximum atomic E-state index is 12.9. The summed E-state index contributed by atoms with van der Waals surface area (Å²) >= 11 is 3.39. The number of sulfonamides is 1. The monoisotopic (exact) mass is 360 g/mol. The molecule has 0 radical (unpaired) electrons. The van der Waals surface area contributed by atoms with E-state index in [1.807, 2.05) is 26.0 Å².